The van der Waals surface area contributed by atoms with Gasteiger partial charge in [-0.15, -0.1) is 23.1 Å². The van der Waals surface area contributed by atoms with Crippen molar-refractivity contribution in [2.45, 2.75) is 23.5 Å². The number of amides is 1. The van der Waals surface area contributed by atoms with Gasteiger partial charge in [-0.3, -0.25) is 4.79 Å². The first kappa shape index (κ1) is 16.2. The van der Waals surface area contributed by atoms with Crippen LogP contribution in [0.3, 0.4) is 0 Å². The Hall–Kier alpha value is -2.25. The molecule has 0 saturated carbocycles. The molecule has 1 amide bonds. The van der Waals surface area contributed by atoms with E-state index in [2.05, 4.69) is 27.9 Å². The van der Waals surface area contributed by atoms with E-state index in [1.165, 1.54) is 11.3 Å². The molecule has 4 rings (SSSR count). The summed E-state index contributed by atoms with van der Waals surface area (Å²) in [6.45, 7) is 2.91. The molecule has 0 saturated heterocycles. The molecule has 0 fully saturated rings. The van der Waals surface area contributed by atoms with Crippen LogP contribution in [-0.4, -0.2) is 32.7 Å². The Morgan fingerprint density at radius 1 is 1.16 bits per heavy atom. The number of fused-ring (bicyclic) bond motifs is 1. The van der Waals surface area contributed by atoms with Crippen LogP contribution in [-0.2, 0) is 0 Å². The molecule has 7 heteroatoms. The van der Waals surface area contributed by atoms with Gasteiger partial charge in [-0.1, -0.05) is 19.1 Å². The van der Waals surface area contributed by atoms with Crippen molar-refractivity contribution in [1.82, 2.24) is 15.0 Å². The van der Waals surface area contributed by atoms with Gasteiger partial charge in [0, 0.05) is 29.1 Å². The van der Waals surface area contributed by atoms with Crippen molar-refractivity contribution < 1.29 is 4.79 Å². The Labute approximate surface area is 154 Å². The lowest BCUT2D eigenvalue weighted by Crippen LogP contribution is -2.31. The first-order chi connectivity index (χ1) is 12.2. The van der Waals surface area contributed by atoms with Gasteiger partial charge in [-0.2, -0.15) is 0 Å². The van der Waals surface area contributed by atoms with Crippen LogP contribution >= 0.6 is 23.1 Å². The van der Waals surface area contributed by atoms with Crippen LogP contribution in [0.5, 0.6) is 0 Å². The molecule has 126 valence electrons. The number of hydrogen-bond acceptors (Lipinski definition) is 6. The van der Waals surface area contributed by atoms with Crippen molar-refractivity contribution in [1.29, 1.82) is 0 Å². The second-order valence-corrected chi connectivity index (χ2v) is 8.25. The molecule has 25 heavy (non-hydrogen) atoms. The van der Waals surface area contributed by atoms with Crippen molar-refractivity contribution in [3.8, 4) is 10.8 Å². The zero-order chi connectivity index (χ0) is 17.2. The smallest absolute Gasteiger partial charge is 0.270 e. The number of nitrogens with zero attached hydrogens (tertiary/aromatic N) is 4. The highest BCUT2D eigenvalue weighted by Gasteiger charge is 2.26. The van der Waals surface area contributed by atoms with Crippen LogP contribution in [0.15, 0.2) is 53.8 Å². The minimum atomic E-state index is -0.0122. The van der Waals surface area contributed by atoms with Gasteiger partial charge in [-0.25, -0.2) is 15.0 Å². The molecule has 1 aromatic carbocycles. The molecule has 0 aliphatic carbocycles. The molecule has 2 aromatic heterocycles. The van der Waals surface area contributed by atoms with Gasteiger partial charge < -0.3 is 4.90 Å². The van der Waals surface area contributed by atoms with Crippen LogP contribution in [0.1, 0.15) is 23.0 Å². The van der Waals surface area contributed by atoms with E-state index in [0.29, 0.717) is 27.5 Å². The number of carbonyl (C=O) groups excluding carboxylic acids is 1. The van der Waals surface area contributed by atoms with Crippen LogP contribution in [0.25, 0.3) is 10.8 Å². The Balaban J connectivity index is 1.66. The van der Waals surface area contributed by atoms with Gasteiger partial charge in [0.25, 0.3) is 5.91 Å². The zero-order valence-corrected chi connectivity index (χ0v) is 15.3. The summed E-state index contributed by atoms with van der Waals surface area (Å²) < 4.78 is 0. The number of thiazole rings is 1. The second kappa shape index (κ2) is 6.93. The third-order valence-electron chi connectivity index (χ3n) is 3.96. The highest BCUT2D eigenvalue weighted by Crippen LogP contribution is 2.38. The first-order valence-electron chi connectivity index (χ1n) is 8.03. The fourth-order valence-corrected chi connectivity index (χ4v) is 4.64. The summed E-state index contributed by atoms with van der Waals surface area (Å²) in [5.74, 6) is 0.536. The number of rotatable bonds is 2. The van der Waals surface area contributed by atoms with Crippen LogP contribution < -0.4 is 4.90 Å². The largest absolute Gasteiger partial charge is 0.306 e. The maximum absolute atomic E-state index is 13.1. The van der Waals surface area contributed by atoms with Gasteiger partial charge in [0.2, 0.25) is 0 Å². The SMILES string of the molecule is CC1CCN(C(=O)c2cnc(-c3ncccn3)s2)c2ccccc2S1. The molecule has 3 aromatic rings. The summed E-state index contributed by atoms with van der Waals surface area (Å²) in [6, 6.07) is 9.85. The van der Waals surface area contributed by atoms with Gasteiger partial charge >= 0.3 is 0 Å². The van der Waals surface area contributed by atoms with Gasteiger partial charge in [0.15, 0.2) is 10.8 Å². The fourth-order valence-electron chi connectivity index (χ4n) is 2.72. The van der Waals surface area contributed by atoms with Crippen LogP contribution in [0, 0.1) is 0 Å². The van der Waals surface area contributed by atoms with Gasteiger partial charge in [0.1, 0.15) is 4.88 Å². The van der Waals surface area contributed by atoms with Crippen LogP contribution in [0.2, 0.25) is 0 Å². The highest BCUT2D eigenvalue weighted by molar-refractivity contribution is 8.00. The van der Waals surface area contributed by atoms with Crippen LogP contribution in [0.4, 0.5) is 5.69 Å². The van der Waals surface area contributed by atoms with Crippen molar-refractivity contribution >= 4 is 34.7 Å². The lowest BCUT2D eigenvalue weighted by atomic mass is 10.2. The molecule has 1 aliphatic heterocycles. The Morgan fingerprint density at radius 3 is 2.80 bits per heavy atom. The van der Waals surface area contributed by atoms with Crippen molar-refractivity contribution in [3.63, 3.8) is 0 Å². The number of hydrogen-bond donors (Lipinski definition) is 0. The fraction of sp³-hybridized carbons (Fsp3) is 0.222. The Kier molecular flexibility index (Phi) is 4.50. The molecule has 0 spiro atoms. The quantitative estimate of drug-likeness (QED) is 0.681. The van der Waals surface area contributed by atoms with Crippen molar-refractivity contribution in [2.75, 3.05) is 11.4 Å². The normalized spacial score (nSPS) is 17.0. The third-order valence-corrected chi connectivity index (χ3v) is 6.18. The van der Waals surface area contributed by atoms with E-state index in [9.17, 15) is 4.79 Å². The lowest BCUT2D eigenvalue weighted by Gasteiger charge is -2.21. The van der Waals surface area contributed by atoms with Crippen molar-refractivity contribution in [2.24, 2.45) is 0 Å². The van der Waals surface area contributed by atoms with E-state index < -0.39 is 0 Å². The summed E-state index contributed by atoms with van der Waals surface area (Å²) in [6.07, 6.45) is 5.94. The second-order valence-electron chi connectivity index (χ2n) is 5.74. The Morgan fingerprint density at radius 2 is 1.96 bits per heavy atom. The summed E-state index contributed by atoms with van der Waals surface area (Å²) in [5, 5.41) is 1.14. The average Bonchev–Trinajstić information content (AvgIpc) is 3.07. The van der Waals surface area contributed by atoms with E-state index >= 15 is 0 Å². The molecule has 1 unspecified atom stereocenters. The molecular formula is C18H16N4OS2. The molecular weight excluding hydrogens is 352 g/mol. The maximum Gasteiger partial charge on any atom is 0.270 e. The minimum Gasteiger partial charge on any atom is -0.306 e. The number of carbonyl (C=O) groups is 1. The van der Waals surface area contributed by atoms with E-state index in [1.807, 2.05) is 34.9 Å². The summed E-state index contributed by atoms with van der Waals surface area (Å²) in [5.41, 5.74) is 0.979. The van der Waals surface area contributed by atoms with Gasteiger partial charge in [0.05, 0.1) is 11.9 Å². The number of para-hydroxylation sites is 1. The number of anilines is 1. The monoisotopic (exact) mass is 368 g/mol. The zero-order valence-electron chi connectivity index (χ0n) is 13.6. The summed E-state index contributed by atoms with van der Waals surface area (Å²) in [7, 11) is 0. The predicted octanol–water partition coefficient (Wildman–Crippen LogP) is 4.13. The van der Waals surface area contributed by atoms with Crippen molar-refractivity contribution in [3.05, 3.63) is 53.8 Å². The molecule has 0 radical (unpaired) electrons. The predicted molar refractivity (Wildman–Crippen MR) is 101 cm³/mol. The van der Waals surface area contributed by atoms with Gasteiger partial charge in [-0.05, 0) is 24.6 Å². The molecule has 5 nitrogen and oxygen atoms in total. The summed E-state index contributed by atoms with van der Waals surface area (Å²) in [4.78, 5) is 29.5. The number of aromatic nitrogens is 3. The number of benzene rings is 1. The molecule has 0 bridgehead atoms. The van der Waals surface area contributed by atoms with E-state index in [0.717, 1.165) is 17.0 Å². The highest BCUT2D eigenvalue weighted by atomic mass is 32.2. The first-order valence-corrected chi connectivity index (χ1v) is 9.73. The molecule has 0 N–H and O–H groups in total. The molecule has 1 atom stereocenters. The maximum atomic E-state index is 13.1. The van der Waals surface area contributed by atoms with E-state index in [4.69, 9.17) is 0 Å². The Bertz CT molecular complexity index is 897. The molecule has 1 aliphatic rings. The standard InChI is InChI=1S/C18H16N4OS2/c1-12-7-10-22(13-5-2-3-6-14(13)24-12)18(23)15-11-21-17(25-15)16-19-8-4-9-20-16/h2-6,8-9,11-12H,7,10H2,1H3. The van der Waals surface area contributed by atoms with E-state index in [1.54, 1.807) is 24.7 Å². The minimum absolute atomic E-state index is 0.0122. The number of thioether (sulfide) groups is 1. The summed E-state index contributed by atoms with van der Waals surface area (Å²) >= 11 is 3.16. The van der Waals surface area contributed by atoms with E-state index in [-0.39, 0.29) is 5.91 Å². The molecule has 3 heterocycles. The average molecular weight is 368 g/mol. The topological polar surface area (TPSA) is 59.0 Å². The third kappa shape index (κ3) is 3.29. The lowest BCUT2D eigenvalue weighted by molar-refractivity contribution is 0.0990.